The van der Waals surface area contributed by atoms with Gasteiger partial charge in [0.25, 0.3) is 5.91 Å². The molecule has 5 nitrogen and oxygen atoms in total. The zero-order valence-electron chi connectivity index (χ0n) is 11.2. The second kappa shape index (κ2) is 7.00. The number of hydrogen-bond acceptors (Lipinski definition) is 5. The van der Waals surface area contributed by atoms with Gasteiger partial charge in [-0.25, -0.2) is 4.98 Å². The van der Waals surface area contributed by atoms with Crippen molar-refractivity contribution >= 4 is 33.4 Å². The average Bonchev–Trinajstić information content (AvgIpc) is 2.86. The van der Waals surface area contributed by atoms with E-state index in [-0.39, 0.29) is 24.9 Å². The van der Waals surface area contributed by atoms with E-state index in [9.17, 15) is 9.59 Å². The number of nitrogens with zero attached hydrogens (tertiary/aromatic N) is 1. The quantitative estimate of drug-likeness (QED) is 0.826. The van der Waals surface area contributed by atoms with Crippen LogP contribution >= 0.6 is 11.3 Å². The van der Waals surface area contributed by atoms with Crippen LogP contribution in [0.15, 0.2) is 24.3 Å². The Labute approximate surface area is 121 Å². The predicted molar refractivity (Wildman–Crippen MR) is 77.6 cm³/mol. The van der Waals surface area contributed by atoms with Gasteiger partial charge in [0.1, 0.15) is 0 Å². The predicted octanol–water partition coefficient (Wildman–Crippen LogP) is 1.91. The van der Waals surface area contributed by atoms with Gasteiger partial charge in [-0.05, 0) is 19.1 Å². The van der Waals surface area contributed by atoms with Gasteiger partial charge < -0.3 is 10.1 Å². The molecule has 2 rings (SSSR count). The molecule has 2 aromatic rings. The molecule has 0 spiro atoms. The van der Waals surface area contributed by atoms with Crippen LogP contribution in [0.25, 0.3) is 10.2 Å². The average molecular weight is 292 g/mol. The molecule has 6 heteroatoms. The van der Waals surface area contributed by atoms with E-state index in [1.807, 2.05) is 31.2 Å². The summed E-state index contributed by atoms with van der Waals surface area (Å²) in [5.41, 5.74) is 0.947. The lowest BCUT2D eigenvalue weighted by atomic mass is 10.3. The lowest BCUT2D eigenvalue weighted by Gasteiger charge is -2.03. The zero-order valence-corrected chi connectivity index (χ0v) is 12.0. The summed E-state index contributed by atoms with van der Waals surface area (Å²) in [5, 5.41) is 3.47. The maximum absolute atomic E-state index is 11.5. The third kappa shape index (κ3) is 4.03. The van der Waals surface area contributed by atoms with Crippen molar-refractivity contribution in [3.05, 3.63) is 29.3 Å². The Morgan fingerprint density at radius 2 is 2.15 bits per heavy atom. The first-order valence-corrected chi connectivity index (χ1v) is 7.27. The molecular formula is C14H16N2O3S. The lowest BCUT2D eigenvalue weighted by molar-refractivity contribution is -0.148. The summed E-state index contributed by atoms with van der Waals surface area (Å²) in [6.07, 6.45) is 0.771. The monoisotopic (exact) mass is 292 g/mol. The molecule has 0 unspecified atom stereocenters. The summed E-state index contributed by atoms with van der Waals surface area (Å²) >= 11 is 1.57. The molecule has 0 radical (unpaired) electrons. The SMILES string of the molecule is CCNC(=O)COC(=O)CCc1nc2ccccc2s1. The highest BCUT2D eigenvalue weighted by molar-refractivity contribution is 7.18. The minimum atomic E-state index is -0.379. The number of rotatable bonds is 6. The zero-order chi connectivity index (χ0) is 14.4. The van der Waals surface area contributed by atoms with E-state index >= 15 is 0 Å². The van der Waals surface area contributed by atoms with Gasteiger partial charge in [0, 0.05) is 13.0 Å². The fourth-order valence-corrected chi connectivity index (χ4v) is 2.67. The number of amides is 1. The molecule has 1 N–H and O–H groups in total. The van der Waals surface area contributed by atoms with Crippen molar-refractivity contribution in [1.82, 2.24) is 10.3 Å². The van der Waals surface area contributed by atoms with E-state index in [0.29, 0.717) is 13.0 Å². The highest BCUT2D eigenvalue weighted by Crippen LogP contribution is 2.22. The fraction of sp³-hybridized carbons (Fsp3) is 0.357. The Bertz CT molecular complexity index is 576. The highest BCUT2D eigenvalue weighted by atomic mass is 32.1. The van der Waals surface area contributed by atoms with Crippen molar-refractivity contribution in [1.29, 1.82) is 0 Å². The van der Waals surface area contributed by atoms with Crippen LogP contribution in [0.4, 0.5) is 0 Å². The van der Waals surface area contributed by atoms with Crippen LogP contribution in [0.2, 0.25) is 0 Å². The number of aromatic nitrogens is 1. The number of esters is 1. The molecular weight excluding hydrogens is 276 g/mol. The van der Waals surface area contributed by atoms with Gasteiger partial charge in [-0.15, -0.1) is 11.3 Å². The first-order valence-electron chi connectivity index (χ1n) is 6.46. The van der Waals surface area contributed by atoms with Crippen LogP contribution in [0.5, 0.6) is 0 Å². The van der Waals surface area contributed by atoms with Crippen LogP contribution in [0.1, 0.15) is 18.4 Å². The molecule has 0 atom stereocenters. The van der Waals surface area contributed by atoms with Gasteiger partial charge in [-0.1, -0.05) is 12.1 Å². The second-order valence-corrected chi connectivity index (χ2v) is 5.30. The number of nitrogens with one attached hydrogen (secondary N) is 1. The van der Waals surface area contributed by atoms with E-state index in [1.54, 1.807) is 11.3 Å². The number of ether oxygens (including phenoxy) is 1. The smallest absolute Gasteiger partial charge is 0.306 e. The third-order valence-corrected chi connectivity index (χ3v) is 3.72. The number of carbonyl (C=O) groups is 2. The first kappa shape index (κ1) is 14.5. The van der Waals surface area contributed by atoms with Crippen molar-refractivity contribution < 1.29 is 14.3 Å². The van der Waals surface area contributed by atoms with Crippen molar-refractivity contribution in [2.45, 2.75) is 19.8 Å². The Morgan fingerprint density at radius 1 is 1.35 bits per heavy atom. The van der Waals surface area contributed by atoms with Crippen molar-refractivity contribution in [2.24, 2.45) is 0 Å². The summed E-state index contributed by atoms with van der Waals surface area (Å²) in [6, 6.07) is 7.85. The van der Waals surface area contributed by atoms with Gasteiger partial charge in [-0.3, -0.25) is 9.59 Å². The maximum Gasteiger partial charge on any atom is 0.306 e. The van der Waals surface area contributed by atoms with Gasteiger partial charge in [0.15, 0.2) is 6.61 Å². The second-order valence-electron chi connectivity index (χ2n) is 4.19. The normalized spacial score (nSPS) is 10.4. The summed E-state index contributed by atoms with van der Waals surface area (Å²) < 4.78 is 5.99. The number of thiazole rings is 1. The summed E-state index contributed by atoms with van der Waals surface area (Å²) in [7, 11) is 0. The molecule has 0 aliphatic heterocycles. The Kier molecular flexibility index (Phi) is 5.06. The molecule has 0 saturated carbocycles. The number of hydrogen-bond donors (Lipinski definition) is 1. The van der Waals surface area contributed by atoms with Gasteiger partial charge in [0.2, 0.25) is 0 Å². The molecule has 1 amide bonds. The number of likely N-dealkylation sites (N-methyl/N-ethyl adjacent to an activating group) is 1. The molecule has 0 aliphatic carbocycles. The number of aryl methyl sites for hydroxylation is 1. The van der Waals surface area contributed by atoms with Crippen LogP contribution in [-0.4, -0.2) is 30.0 Å². The van der Waals surface area contributed by atoms with E-state index in [4.69, 9.17) is 4.74 Å². The van der Waals surface area contributed by atoms with Crippen LogP contribution in [0, 0.1) is 0 Å². The fourth-order valence-electron chi connectivity index (χ4n) is 1.70. The van der Waals surface area contributed by atoms with Crippen LogP contribution in [-0.2, 0) is 20.7 Å². The largest absolute Gasteiger partial charge is 0.456 e. The highest BCUT2D eigenvalue weighted by Gasteiger charge is 2.09. The van der Waals surface area contributed by atoms with Crippen LogP contribution < -0.4 is 5.32 Å². The molecule has 1 aromatic heterocycles. The Balaban J connectivity index is 1.79. The van der Waals surface area contributed by atoms with E-state index in [2.05, 4.69) is 10.3 Å². The number of fused-ring (bicyclic) bond motifs is 1. The number of carbonyl (C=O) groups excluding carboxylic acids is 2. The van der Waals surface area contributed by atoms with Crippen molar-refractivity contribution in [3.63, 3.8) is 0 Å². The van der Waals surface area contributed by atoms with E-state index in [0.717, 1.165) is 15.2 Å². The molecule has 0 saturated heterocycles. The molecule has 1 heterocycles. The Hall–Kier alpha value is -1.95. The lowest BCUT2D eigenvalue weighted by Crippen LogP contribution is -2.28. The minimum absolute atomic E-state index is 0.216. The maximum atomic E-state index is 11.5. The van der Waals surface area contributed by atoms with E-state index in [1.165, 1.54) is 0 Å². The summed E-state index contributed by atoms with van der Waals surface area (Å²) in [4.78, 5) is 27.1. The summed E-state index contributed by atoms with van der Waals surface area (Å²) in [6.45, 7) is 2.13. The standard InChI is InChI=1S/C14H16N2O3S/c1-2-15-12(17)9-19-14(18)8-7-13-16-10-5-3-4-6-11(10)20-13/h3-6H,2,7-9H2,1H3,(H,15,17). The third-order valence-electron chi connectivity index (χ3n) is 2.62. The van der Waals surface area contributed by atoms with Crippen molar-refractivity contribution in [2.75, 3.05) is 13.2 Å². The molecule has 1 aromatic carbocycles. The molecule has 106 valence electrons. The topological polar surface area (TPSA) is 68.3 Å². The van der Waals surface area contributed by atoms with Crippen LogP contribution in [0.3, 0.4) is 0 Å². The van der Waals surface area contributed by atoms with Gasteiger partial charge in [-0.2, -0.15) is 0 Å². The van der Waals surface area contributed by atoms with E-state index < -0.39 is 0 Å². The molecule has 0 fully saturated rings. The summed E-state index contributed by atoms with van der Waals surface area (Å²) in [5.74, 6) is -0.656. The molecule has 0 bridgehead atoms. The Morgan fingerprint density at radius 3 is 2.90 bits per heavy atom. The van der Waals surface area contributed by atoms with Gasteiger partial charge >= 0.3 is 5.97 Å². The minimum Gasteiger partial charge on any atom is -0.456 e. The van der Waals surface area contributed by atoms with Crippen molar-refractivity contribution in [3.8, 4) is 0 Å². The van der Waals surface area contributed by atoms with Gasteiger partial charge in [0.05, 0.1) is 21.6 Å². The number of para-hydroxylation sites is 1. The number of benzene rings is 1. The molecule has 0 aliphatic rings. The molecule has 20 heavy (non-hydrogen) atoms. The first-order chi connectivity index (χ1) is 9.69.